The molecule has 1 unspecified atom stereocenters. The van der Waals surface area contributed by atoms with Gasteiger partial charge in [-0.3, -0.25) is 9.89 Å². The summed E-state index contributed by atoms with van der Waals surface area (Å²) in [7, 11) is 2.06. The molecule has 2 aromatic rings. The van der Waals surface area contributed by atoms with Crippen molar-refractivity contribution in [2.45, 2.75) is 43.9 Å². The van der Waals surface area contributed by atoms with Crippen molar-refractivity contribution in [1.82, 2.24) is 20.0 Å². The van der Waals surface area contributed by atoms with Crippen molar-refractivity contribution in [3.8, 4) is 0 Å². The number of halogens is 3. The van der Waals surface area contributed by atoms with Crippen molar-refractivity contribution >= 4 is 6.41 Å². The third-order valence-corrected chi connectivity index (χ3v) is 7.24. The van der Waals surface area contributed by atoms with Crippen molar-refractivity contribution in [2.75, 3.05) is 20.1 Å². The van der Waals surface area contributed by atoms with Gasteiger partial charge < -0.3 is 9.80 Å². The summed E-state index contributed by atoms with van der Waals surface area (Å²) >= 11 is 0. The van der Waals surface area contributed by atoms with E-state index >= 15 is 0 Å². The van der Waals surface area contributed by atoms with Gasteiger partial charge in [-0.2, -0.15) is 18.3 Å². The van der Waals surface area contributed by atoms with E-state index in [4.69, 9.17) is 0 Å². The lowest BCUT2D eigenvalue weighted by molar-refractivity contribution is -0.138. The van der Waals surface area contributed by atoms with Crippen molar-refractivity contribution in [2.24, 2.45) is 11.8 Å². The molecule has 160 valence electrons. The normalized spacial score (nSPS) is 29.1. The van der Waals surface area contributed by atoms with E-state index in [9.17, 15) is 18.0 Å². The molecular weight excluding hydrogens is 393 g/mol. The number of hydrogen-bond acceptors (Lipinski definition) is 3. The molecule has 5 nitrogen and oxygen atoms in total. The van der Waals surface area contributed by atoms with Crippen molar-refractivity contribution in [1.29, 1.82) is 0 Å². The predicted octanol–water partition coefficient (Wildman–Crippen LogP) is 3.74. The van der Waals surface area contributed by atoms with Crippen LogP contribution in [0.3, 0.4) is 0 Å². The van der Waals surface area contributed by atoms with Crippen molar-refractivity contribution < 1.29 is 18.0 Å². The third kappa shape index (κ3) is 3.12. The van der Waals surface area contributed by atoms with E-state index in [1.165, 1.54) is 17.7 Å². The van der Waals surface area contributed by atoms with Gasteiger partial charge >= 0.3 is 6.18 Å². The van der Waals surface area contributed by atoms with Gasteiger partial charge in [-0.05, 0) is 55.7 Å². The monoisotopic (exact) mass is 418 g/mol. The van der Waals surface area contributed by atoms with Gasteiger partial charge in [-0.15, -0.1) is 0 Å². The van der Waals surface area contributed by atoms with Crippen LogP contribution >= 0.6 is 0 Å². The molecule has 1 saturated carbocycles. The Morgan fingerprint density at radius 3 is 2.80 bits per heavy atom. The quantitative estimate of drug-likeness (QED) is 0.773. The van der Waals surface area contributed by atoms with Crippen LogP contribution in [0.25, 0.3) is 0 Å². The Hall–Kier alpha value is -2.35. The summed E-state index contributed by atoms with van der Waals surface area (Å²) < 4.78 is 40.7. The average Bonchev–Trinajstić information content (AvgIpc) is 3.38. The first-order chi connectivity index (χ1) is 14.4. The molecule has 4 atom stereocenters. The molecule has 1 saturated heterocycles. The first-order valence-electron chi connectivity index (χ1n) is 10.5. The summed E-state index contributed by atoms with van der Waals surface area (Å²) in [6, 6.07) is 5.78. The summed E-state index contributed by atoms with van der Waals surface area (Å²) in [6.45, 7) is 2.32. The predicted molar refractivity (Wildman–Crippen MR) is 105 cm³/mol. The molecule has 0 spiro atoms. The van der Waals surface area contributed by atoms with Gasteiger partial charge in [0.15, 0.2) is 0 Å². The summed E-state index contributed by atoms with van der Waals surface area (Å²) in [5.41, 5.74) is 3.05. The second-order valence-corrected chi connectivity index (χ2v) is 8.98. The summed E-state index contributed by atoms with van der Waals surface area (Å²) in [5, 5.41) is 7.74. The number of carbonyl (C=O) groups excluding carboxylic acids is 1. The number of nitrogens with one attached hydrogen (secondary N) is 1. The van der Waals surface area contributed by atoms with Crippen LogP contribution in [0.4, 0.5) is 13.2 Å². The van der Waals surface area contributed by atoms with E-state index in [0.717, 1.165) is 37.3 Å². The van der Waals surface area contributed by atoms with Gasteiger partial charge in [0.2, 0.25) is 6.41 Å². The zero-order chi connectivity index (χ0) is 21.0. The number of aromatic amines is 1. The lowest BCUT2D eigenvalue weighted by Gasteiger charge is -2.28. The van der Waals surface area contributed by atoms with Gasteiger partial charge in [0.05, 0.1) is 23.0 Å². The number of hydrogen-bond donors (Lipinski definition) is 1. The number of carbonyl (C=O) groups is 1. The highest BCUT2D eigenvalue weighted by Crippen LogP contribution is 2.55. The Kier molecular flexibility index (Phi) is 4.65. The summed E-state index contributed by atoms with van der Waals surface area (Å²) in [4.78, 5) is 15.9. The number of nitrogens with zero attached hydrogens (tertiary/aromatic N) is 3. The molecule has 3 heterocycles. The molecule has 0 radical (unpaired) electrons. The molecular formula is C22H25F3N4O. The number of fused-ring (bicyclic) bond motifs is 2. The van der Waals surface area contributed by atoms with Crippen LogP contribution in [0.5, 0.6) is 0 Å². The number of likely N-dealkylation sites (N-methyl/N-ethyl adjacent to an activating group) is 1. The smallest absolute Gasteiger partial charge is 0.336 e. The SMILES string of the molecule is CN1CCc2c(C3[C@H]4C[C@H](c5ccccc5C(F)(F)F)C[C@H]4CN3C=O)n[nH]c2C1. The Labute approximate surface area is 173 Å². The fourth-order valence-electron chi connectivity index (χ4n) is 5.94. The molecule has 2 aliphatic heterocycles. The number of rotatable bonds is 3. The first kappa shape index (κ1) is 19.6. The number of aromatic nitrogens is 2. The fourth-order valence-corrected chi connectivity index (χ4v) is 5.94. The molecule has 30 heavy (non-hydrogen) atoms. The second-order valence-electron chi connectivity index (χ2n) is 8.98. The van der Waals surface area contributed by atoms with Crippen LogP contribution in [-0.2, 0) is 23.9 Å². The summed E-state index contributed by atoms with van der Waals surface area (Å²) in [5.74, 6) is 0.189. The standard InChI is InChI=1S/C22H25F3N4O/c1-28-7-6-16-19(11-28)26-27-20(16)21-17-9-13(8-14(17)10-29(21)12-30)15-4-2-3-5-18(15)22(23,24)25/h2-5,12-14,17,21H,6-11H2,1H3,(H,26,27)/t13-,14+,17+,21?/m1/s1. The van der Waals surface area contributed by atoms with Crippen LogP contribution in [0, 0.1) is 11.8 Å². The lowest BCUT2D eigenvalue weighted by Crippen LogP contribution is -2.29. The van der Waals surface area contributed by atoms with Crippen LogP contribution in [-0.4, -0.2) is 46.5 Å². The zero-order valence-electron chi connectivity index (χ0n) is 16.8. The van der Waals surface area contributed by atoms with Gasteiger partial charge in [-0.25, -0.2) is 0 Å². The Morgan fingerprint density at radius 2 is 2.03 bits per heavy atom. The molecule has 1 amide bonds. The Morgan fingerprint density at radius 1 is 1.23 bits per heavy atom. The average molecular weight is 418 g/mol. The van der Waals surface area contributed by atoms with E-state index < -0.39 is 11.7 Å². The molecule has 8 heteroatoms. The van der Waals surface area contributed by atoms with Crippen molar-refractivity contribution in [3.05, 3.63) is 52.3 Å². The highest BCUT2D eigenvalue weighted by molar-refractivity contribution is 5.51. The van der Waals surface area contributed by atoms with E-state index in [1.807, 2.05) is 4.90 Å². The Bertz CT molecular complexity index is 956. The van der Waals surface area contributed by atoms with Crippen LogP contribution < -0.4 is 0 Å². The lowest BCUT2D eigenvalue weighted by atomic mass is 9.87. The largest absolute Gasteiger partial charge is 0.416 e. The number of alkyl halides is 3. The van der Waals surface area contributed by atoms with E-state index in [1.54, 1.807) is 12.1 Å². The van der Waals surface area contributed by atoms with Crippen LogP contribution in [0.1, 0.15) is 52.9 Å². The maximum atomic E-state index is 13.6. The fraction of sp³-hybridized carbons (Fsp3) is 0.545. The van der Waals surface area contributed by atoms with E-state index in [-0.39, 0.29) is 23.8 Å². The molecule has 3 aliphatic rings. The molecule has 1 aromatic carbocycles. The molecule has 2 fully saturated rings. The van der Waals surface area contributed by atoms with E-state index in [2.05, 4.69) is 22.1 Å². The number of H-pyrrole nitrogens is 1. The van der Waals surface area contributed by atoms with Crippen LogP contribution in [0.2, 0.25) is 0 Å². The van der Waals surface area contributed by atoms with Gasteiger partial charge in [-0.1, -0.05) is 18.2 Å². The second kappa shape index (κ2) is 7.11. The molecule has 1 aromatic heterocycles. The van der Waals surface area contributed by atoms with Gasteiger partial charge in [0.1, 0.15) is 0 Å². The molecule has 5 rings (SSSR count). The minimum Gasteiger partial charge on any atom is -0.336 e. The zero-order valence-corrected chi connectivity index (χ0v) is 16.8. The van der Waals surface area contributed by atoms with Crippen molar-refractivity contribution in [3.63, 3.8) is 0 Å². The van der Waals surface area contributed by atoms with E-state index in [0.29, 0.717) is 24.9 Å². The van der Waals surface area contributed by atoms with Crippen LogP contribution in [0.15, 0.2) is 24.3 Å². The maximum absolute atomic E-state index is 13.6. The number of amides is 1. The molecule has 0 bridgehead atoms. The number of benzene rings is 1. The minimum atomic E-state index is -4.35. The Balaban J connectivity index is 1.46. The highest BCUT2D eigenvalue weighted by atomic mass is 19.4. The van der Waals surface area contributed by atoms with Gasteiger partial charge in [0.25, 0.3) is 0 Å². The molecule has 1 N–H and O–H groups in total. The first-order valence-corrected chi connectivity index (χ1v) is 10.5. The minimum absolute atomic E-state index is 0.133. The molecule has 1 aliphatic carbocycles. The topological polar surface area (TPSA) is 52.2 Å². The number of likely N-dealkylation sites (tertiary alicyclic amines) is 1. The maximum Gasteiger partial charge on any atom is 0.416 e. The third-order valence-electron chi connectivity index (χ3n) is 7.24. The summed E-state index contributed by atoms with van der Waals surface area (Å²) in [6.07, 6.45) is -1.27. The highest BCUT2D eigenvalue weighted by Gasteiger charge is 2.50. The van der Waals surface area contributed by atoms with Gasteiger partial charge in [0, 0.05) is 25.2 Å².